The van der Waals surface area contributed by atoms with Crippen molar-refractivity contribution in [3.05, 3.63) is 45.6 Å². The topological polar surface area (TPSA) is 97.1 Å². The number of hydrogen-bond acceptors (Lipinski definition) is 6. The first-order valence-corrected chi connectivity index (χ1v) is 9.27. The van der Waals surface area contributed by atoms with Crippen LogP contribution in [0.2, 0.25) is 0 Å². The molecule has 0 radical (unpaired) electrons. The van der Waals surface area contributed by atoms with Crippen molar-refractivity contribution >= 4 is 5.91 Å². The number of nitrogens with two attached hydrogens (primary N) is 1. The maximum Gasteiger partial charge on any atom is 0.220 e. The molecule has 1 atom stereocenters. The Balaban J connectivity index is 2.41. The summed E-state index contributed by atoms with van der Waals surface area (Å²) in [5.41, 5.74) is 8.55. The van der Waals surface area contributed by atoms with Crippen LogP contribution in [0.25, 0.3) is 11.1 Å². The SMILES string of the molecule is COc1cc2c(c(OC)c1OC)-c1ccc(OC)c(=O)cc1C(CC(N)=O)CC2. The Kier molecular flexibility index (Phi) is 5.96. The zero-order valence-corrected chi connectivity index (χ0v) is 17.0. The summed E-state index contributed by atoms with van der Waals surface area (Å²) in [7, 11) is 6.12. The molecule has 1 aliphatic carbocycles. The number of rotatable bonds is 6. The summed E-state index contributed by atoms with van der Waals surface area (Å²) in [5, 5.41) is 0. The number of amides is 1. The number of ether oxygens (including phenoxy) is 4. The molecular formula is C22H25NO6. The van der Waals surface area contributed by atoms with Crippen LogP contribution in [0.15, 0.2) is 29.1 Å². The molecule has 1 aliphatic rings. The lowest BCUT2D eigenvalue weighted by Gasteiger charge is -2.19. The van der Waals surface area contributed by atoms with E-state index in [9.17, 15) is 9.59 Å². The third-order valence-electron chi connectivity index (χ3n) is 5.29. The minimum Gasteiger partial charge on any atom is -0.493 e. The Morgan fingerprint density at radius 3 is 2.28 bits per heavy atom. The zero-order chi connectivity index (χ0) is 21.1. The van der Waals surface area contributed by atoms with Gasteiger partial charge in [0.2, 0.25) is 17.1 Å². The van der Waals surface area contributed by atoms with E-state index in [4.69, 9.17) is 24.7 Å². The van der Waals surface area contributed by atoms with Crippen LogP contribution in [0.5, 0.6) is 23.0 Å². The van der Waals surface area contributed by atoms with Crippen molar-refractivity contribution in [1.29, 1.82) is 0 Å². The number of benzene rings is 1. The van der Waals surface area contributed by atoms with Crippen LogP contribution >= 0.6 is 0 Å². The third kappa shape index (κ3) is 3.72. The summed E-state index contributed by atoms with van der Waals surface area (Å²) in [6.07, 6.45) is 1.45. The molecule has 154 valence electrons. The molecular weight excluding hydrogens is 374 g/mol. The molecule has 0 heterocycles. The van der Waals surface area contributed by atoms with Gasteiger partial charge in [0.05, 0.1) is 28.4 Å². The first-order chi connectivity index (χ1) is 13.9. The number of carbonyl (C=O) groups excluding carboxylic acids is 1. The highest BCUT2D eigenvalue weighted by molar-refractivity contribution is 5.83. The van der Waals surface area contributed by atoms with E-state index in [2.05, 4.69) is 0 Å². The fourth-order valence-electron chi connectivity index (χ4n) is 4.00. The van der Waals surface area contributed by atoms with Crippen LogP contribution in [0.1, 0.15) is 29.9 Å². The van der Waals surface area contributed by atoms with Gasteiger partial charge in [-0.15, -0.1) is 0 Å². The van der Waals surface area contributed by atoms with Crippen molar-refractivity contribution < 1.29 is 23.7 Å². The molecule has 0 saturated heterocycles. The van der Waals surface area contributed by atoms with E-state index in [1.165, 1.54) is 13.2 Å². The summed E-state index contributed by atoms with van der Waals surface area (Å²) in [6, 6.07) is 6.90. The van der Waals surface area contributed by atoms with Gasteiger partial charge in [-0.05, 0) is 53.6 Å². The average Bonchev–Trinajstić information content (AvgIpc) is 2.95. The van der Waals surface area contributed by atoms with E-state index >= 15 is 0 Å². The molecule has 1 amide bonds. The quantitative estimate of drug-likeness (QED) is 0.802. The molecule has 3 rings (SSSR count). The van der Waals surface area contributed by atoms with Gasteiger partial charge < -0.3 is 24.7 Å². The molecule has 2 aromatic rings. The maximum absolute atomic E-state index is 12.6. The first-order valence-electron chi connectivity index (χ1n) is 9.27. The number of primary amides is 1. The average molecular weight is 399 g/mol. The Morgan fingerprint density at radius 1 is 1.00 bits per heavy atom. The van der Waals surface area contributed by atoms with Crippen LogP contribution in [0.4, 0.5) is 0 Å². The molecule has 7 nitrogen and oxygen atoms in total. The lowest BCUT2D eigenvalue weighted by atomic mass is 9.90. The van der Waals surface area contributed by atoms with Gasteiger partial charge in [0.15, 0.2) is 17.2 Å². The molecule has 2 N–H and O–H groups in total. The second-order valence-corrected chi connectivity index (χ2v) is 6.86. The van der Waals surface area contributed by atoms with Crippen LogP contribution in [-0.2, 0) is 11.2 Å². The highest BCUT2D eigenvalue weighted by atomic mass is 16.5. The first kappa shape index (κ1) is 20.5. The zero-order valence-electron chi connectivity index (χ0n) is 17.0. The Morgan fingerprint density at radius 2 is 1.69 bits per heavy atom. The van der Waals surface area contributed by atoms with Crippen LogP contribution in [0, 0.1) is 0 Å². The monoisotopic (exact) mass is 399 g/mol. The standard InChI is InChI=1S/C22H25NO6/c1-26-17-8-7-14-15(11-16(17)24)12(10-19(23)25)5-6-13-9-18(27-2)21(28-3)22(29-4)20(13)14/h7-9,11-12H,5-6,10H2,1-4H3,(H2,23,25). The second kappa shape index (κ2) is 8.43. The molecule has 1 unspecified atom stereocenters. The Bertz CT molecular complexity index is 1000. The van der Waals surface area contributed by atoms with Gasteiger partial charge in [0.25, 0.3) is 0 Å². The second-order valence-electron chi connectivity index (χ2n) is 6.86. The summed E-state index contributed by atoms with van der Waals surface area (Å²) in [6.45, 7) is 0. The van der Waals surface area contributed by atoms with E-state index in [0.717, 1.165) is 22.3 Å². The highest BCUT2D eigenvalue weighted by Crippen LogP contribution is 2.50. The number of methoxy groups -OCH3 is 4. The fourth-order valence-corrected chi connectivity index (χ4v) is 4.00. The lowest BCUT2D eigenvalue weighted by Crippen LogP contribution is -2.16. The van der Waals surface area contributed by atoms with Gasteiger partial charge in [-0.3, -0.25) is 9.59 Å². The van der Waals surface area contributed by atoms with Gasteiger partial charge in [0, 0.05) is 12.0 Å². The molecule has 0 fully saturated rings. The molecule has 2 aromatic carbocycles. The van der Waals surface area contributed by atoms with Gasteiger partial charge in [-0.1, -0.05) is 6.07 Å². The molecule has 0 bridgehead atoms. The highest BCUT2D eigenvalue weighted by Gasteiger charge is 2.29. The van der Waals surface area contributed by atoms with E-state index in [-0.39, 0.29) is 23.5 Å². The summed E-state index contributed by atoms with van der Waals surface area (Å²) in [4.78, 5) is 24.4. The van der Waals surface area contributed by atoms with E-state index < -0.39 is 5.91 Å². The number of aryl methyl sites for hydroxylation is 1. The molecule has 0 saturated carbocycles. The smallest absolute Gasteiger partial charge is 0.220 e. The van der Waals surface area contributed by atoms with E-state index in [1.807, 2.05) is 12.1 Å². The van der Waals surface area contributed by atoms with Crippen molar-refractivity contribution in [3.63, 3.8) is 0 Å². The number of fused-ring (bicyclic) bond motifs is 3. The molecule has 0 spiro atoms. The lowest BCUT2D eigenvalue weighted by molar-refractivity contribution is -0.118. The number of hydrogen-bond donors (Lipinski definition) is 1. The third-order valence-corrected chi connectivity index (χ3v) is 5.29. The largest absolute Gasteiger partial charge is 0.493 e. The molecule has 7 heteroatoms. The van der Waals surface area contributed by atoms with Crippen LogP contribution in [-0.4, -0.2) is 34.3 Å². The van der Waals surface area contributed by atoms with Crippen LogP contribution < -0.4 is 30.1 Å². The van der Waals surface area contributed by atoms with Crippen molar-refractivity contribution in [2.24, 2.45) is 5.73 Å². The maximum atomic E-state index is 12.6. The molecule has 0 aliphatic heterocycles. The summed E-state index contributed by atoms with van der Waals surface area (Å²) < 4.78 is 22.0. The molecule has 0 aromatic heterocycles. The van der Waals surface area contributed by atoms with Crippen LogP contribution in [0.3, 0.4) is 0 Å². The predicted molar refractivity (Wildman–Crippen MR) is 109 cm³/mol. The normalized spacial score (nSPS) is 14.8. The minimum absolute atomic E-state index is 0.142. The van der Waals surface area contributed by atoms with Gasteiger partial charge in [-0.2, -0.15) is 0 Å². The van der Waals surface area contributed by atoms with Gasteiger partial charge in [0.1, 0.15) is 0 Å². The van der Waals surface area contributed by atoms with Crippen molar-refractivity contribution in [2.75, 3.05) is 28.4 Å². The van der Waals surface area contributed by atoms with E-state index in [1.54, 1.807) is 27.4 Å². The fraction of sp³-hybridized carbons (Fsp3) is 0.364. The van der Waals surface area contributed by atoms with Crippen molar-refractivity contribution in [3.8, 4) is 34.1 Å². The minimum atomic E-state index is -0.417. The van der Waals surface area contributed by atoms with E-state index in [0.29, 0.717) is 30.1 Å². The van der Waals surface area contributed by atoms with Gasteiger partial charge >= 0.3 is 0 Å². The Hall–Kier alpha value is -3.22. The Labute approximate surface area is 169 Å². The van der Waals surface area contributed by atoms with Crippen molar-refractivity contribution in [1.82, 2.24) is 0 Å². The van der Waals surface area contributed by atoms with Crippen molar-refractivity contribution in [2.45, 2.75) is 25.2 Å². The summed E-state index contributed by atoms with van der Waals surface area (Å²) in [5.74, 6) is 1.13. The molecule has 29 heavy (non-hydrogen) atoms. The van der Waals surface area contributed by atoms with Gasteiger partial charge in [-0.25, -0.2) is 0 Å². The predicted octanol–water partition coefficient (Wildman–Crippen LogP) is 2.65. The number of carbonyl (C=O) groups is 1. The summed E-state index contributed by atoms with van der Waals surface area (Å²) >= 11 is 0.